The predicted molar refractivity (Wildman–Crippen MR) is 121 cm³/mol. The molecule has 1 amide bonds. The number of amides is 1. The summed E-state index contributed by atoms with van der Waals surface area (Å²) in [6.07, 6.45) is 2.59. The van der Waals surface area contributed by atoms with Crippen molar-refractivity contribution < 1.29 is 29.3 Å². The fraction of sp³-hybridized carbons (Fsp3) is 0.360. The number of para-hydroxylation sites is 1. The Morgan fingerprint density at radius 2 is 1.81 bits per heavy atom. The maximum Gasteiger partial charge on any atom is 0.295 e. The van der Waals surface area contributed by atoms with E-state index in [1.54, 1.807) is 43.3 Å². The Morgan fingerprint density at radius 1 is 1.06 bits per heavy atom. The van der Waals surface area contributed by atoms with Gasteiger partial charge in [-0.2, -0.15) is 0 Å². The van der Waals surface area contributed by atoms with Crippen molar-refractivity contribution in [3.8, 4) is 17.2 Å². The number of Topliss-reactive ketones (excluding diaryl/α,β-unsaturated/α-hetero) is 1. The molecule has 1 heterocycles. The summed E-state index contributed by atoms with van der Waals surface area (Å²) in [5, 5.41) is 21.3. The number of phenols is 1. The molecule has 7 heteroatoms. The molecule has 170 valence electrons. The average molecular weight is 440 g/mol. The molecule has 0 saturated carbocycles. The molecule has 1 fully saturated rings. The molecular formula is C25H29NO6. The van der Waals surface area contributed by atoms with E-state index in [9.17, 15) is 19.8 Å². The summed E-state index contributed by atoms with van der Waals surface area (Å²) >= 11 is 0. The second-order valence-corrected chi connectivity index (χ2v) is 7.56. The summed E-state index contributed by atoms with van der Waals surface area (Å²) in [7, 11) is 1.47. The highest BCUT2D eigenvalue weighted by Crippen LogP contribution is 2.43. The number of hydrogen-bond acceptors (Lipinski definition) is 6. The van der Waals surface area contributed by atoms with Crippen LogP contribution >= 0.6 is 0 Å². The summed E-state index contributed by atoms with van der Waals surface area (Å²) in [5.74, 6) is -1.10. The number of ether oxygens (including phenoxy) is 2. The van der Waals surface area contributed by atoms with Gasteiger partial charge in [0, 0.05) is 6.54 Å². The second-order valence-electron chi connectivity index (χ2n) is 7.56. The smallest absolute Gasteiger partial charge is 0.295 e. The molecule has 1 unspecified atom stereocenters. The molecule has 1 aliphatic rings. The third-order valence-corrected chi connectivity index (χ3v) is 5.50. The number of benzene rings is 2. The van der Waals surface area contributed by atoms with Crippen LogP contribution in [-0.2, 0) is 9.59 Å². The fourth-order valence-corrected chi connectivity index (χ4v) is 3.95. The highest BCUT2D eigenvalue weighted by molar-refractivity contribution is 6.46. The molecule has 7 nitrogen and oxygen atoms in total. The number of phenolic OH excluding ortho intramolecular Hbond substituents is 1. The molecule has 32 heavy (non-hydrogen) atoms. The standard InChI is InChI=1S/C25H29NO6/c1-4-6-9-14-26-22(16-12-13-18(27)20(15-16)32-5-2)21(24(29)25(26)30)23(28)17-10-7-8-11-19(17)31-3/h7-8,10-13,15,22,27-28H,4-6,9,14H2,1-3H3/b23-21-. The van der Waals surface area contributed by atoms with E-state index in [1.165, 1.54) is 18.1 Å². The lowest BCUT2D eigenvalue weighted by molar-refractivity contribution is -0.139. The number of aromatic hydroxyl groups is 1. The van der Waals surface area contributed by atoms with Crippen LogP contribution in [0.4, 0.5) is 0 Å². The Balaban J connectivity index is 2.19. The van der Waals surface area contributed by atoms with E-state index < -0.39 is 17.7 Å². The Kier molecular flexibility index (Phi) is 7.41. The highest BCUT2D eigenvalue weighted by atomic mass is 16.5. The largest absolute Gasteiger partial charge is 0.507 e. The summed E-state index contributed by atoms with van der Waals surface area (Å²) in [6, 6.07) is 10.7. The average Bonchev–Trinajstić information content (AvgIpc) is 3.05. The quantitative estimate of drug-likeness (QED) is 0.260. The third-order valence-electron chi connectivity index (χ3n) is 5.50. The summed E-state index contributed by atoms with van der Waals surface area (Å²) in [4.78, 5) is 27.6. The van der Waals surface area contributed by atoms with Crippen LogP contribution in [0, 0.1) is 0 Å². The van der Waals surface area contributed by atoms with Crippen molar-refractivity contribution in [3.05, 3.63) is 59.2 Å². The summed E-state index contributed by atoms with van der Waals surface area (Å²) < 4.78 is 10.8. The molecule has 1 atom stereocenters. The number of nitrogens with zero attached hydrogens (tertiary/aromatic N) is 1. The summed E-state index contributed by atoms with van der Waals surface area (Å²) in [6.45, 7) is 4.57. The SMILES string of the molecule is CCCCCN1C(=O)C(=O)/C(=C(\O)c2ccccc2OC)C1c1ccc(O)c(OCC)c1. The zero-order valence-corrected chi connectivity index (χ0v) is 18.6. The van der Waals surface area contributed by atoms with E-state index in [1.807, 2.05) is 0 Å². The van der Waals surface area contributed by atoms with Crippen molar-refractivity contribution in [2.75, 3.05) is 20.3 Å². The van der Waals surface area contributed by atoms with Crippen molar-refractivity contribution in [2.24, 2.45) is 0 Å². The number of aliphatic hydroxyl groups excluding tert-OH is 1. The second kappa shape index (κ2) is 10.2. The Morgan fingerprint density at radius 3 is 2.50 bits per heavy atom. The molecule has 3 rings (SSSR count). The maximum absolute atomic E-state index is 13.1. The van der Waals surface area contributed by atoms with Gasteiger partial charge in [0.25, 0.3) is 11.7 Å². The van der Waals surface area contributed by atoms with Gasteiger partial charge in [0.15, 0.2) is 11.5 Å². The van der Waals surface area contributed by atoms with Crippen LogP contribution in [-0.4, -0.2) is 47.1 Å². The van der Waals surface area contributed by atoms with Crippen molar-refractivity contribution in [1.29, 1.82) is 0 Å². The van der Waals surface area contributed by atoms with Crippen molar-refractivity contribution in [2.45, 2.75) is 39.2 Å². The number of rotatable bonds is 9. The van der Waals surface area contributed by atoms with Crippen LogP contribution in [0.5, 0.6) is 17.2 Å². The number of unbranched alkanes of at least 4 members (excludes halogenated alkanes) is 2. The molecule has 0 radical (unpaired) electrons. The molecule has 0 spiro atoms. The van der Waals surface area contributed by atoms with Crippen LogP contribution in [0.2, 0.25) is 0 Å². The molecule has 0 bridgehead atoms. The van der Waals surface area contributed by atoms with Gasteiger partial charge in [-0.05, 0) is 43.2 Å². The number of ketones is 1. The van der Waals surface area contributed by atoms with Crippen LogP contribution in [0.1, 0.15) is 50.3 Å². The van der Waals surface area contributed by atoms with Crippen LogP contribution in [0.3, 0.4) is 0 Å². The van der Waals surface area contributed by atoms with Crippen LogP contribution in [0.15, 0.2) is 48.0 Å². The number of hydrogen-bond donors (Lipinski definition) is 2. The highest BCUT2D eigenvalue weighted by Gasteiger charge is 2.46. The van der Waals surface area contributed by atoms with Gasteiger partial charge < -0.3 is 24.6 Å². The van der Waals surface area contributed by atoms with Crippen molar-refractivity contribution in [3.63, 3.8) is 0 Å². The van der Waals surface area contributed by atoms with E-state index in [0.29, 0.717) is 30.0 Å². The Labute approximate surface area is 187 Å². The van der Waals surface area contributed by atoms with Gasteiger partial charge in [0.2, 0.25) is 0 Å². The lowest BCUT2D eigenvalue weighted by Crippen LogP contribution is -2.30. The van der Waals surface area contributed by atoms with E-state index in [4.69, 9.17) is 9.47 Å². The predicted octanol–water partition coefficient (Wildman–Crippen LogP) is 4.41. The lowest BCUT2D eigenvalue weighted by Gasteiger charge is -2.26. The minimum Gasteiger partial charge on any atom is -0.507 e. The van der Waals surface area contributed by atoms with E-state index in [2.05, 4.69) is 6.92 Å². The van der Waals surface area contributed by atoms with Gasteiger partial charge in [-0.25, -0.2) is 0 Å². The fourth-order valence-electron chi connectivity index (χ4n) is 3.95. The zero-order valence-electron chi connectivity index (χ0n) is 18.6. The van der Waals surface area contributed by atoms with Gasteiger partial charge in [0.1, 0.15) is 11.5 Å². The first-order valence-electron chi connectivity index (χ1n) is 10.8. The molecule has 0 aliphatic carbocycles. The maximum atomic E-state index is 13.1. The van der Waals surface area contributed by atoms with Gasteiger partial charge in [0.05, 0.1) is 30.9 Å². The van der Waals surface area contributed by atoms with E-state index in [0.717, 1.165) is 19.3 Å². The molecule has 1 saturated heterocycles. The summed E-state index contributed by atoms with van der Waals surface area (Å²) in [5.41, 5.74) is 0.887. The first-order valence-corrected chi connectivity index (χ1v) is 10.8. The molecule has 1 aliphatic heterocycles. The van der Waals surface area contributed by atoms with Gasteiger partial charge in [-0.3, -0.25) is 9.59 Å². The van der Waals surface area contributed by atoms with E-state index >= 15 is 0 Å². The van der Waals surface area contributed by atoms with Gasteiger partial charge in [-0.15, -0.1) is 0 Å². The Bertz CT molecular complexity index is 1030. The normalized spacial score (nSPS) is 17.6. The minimum atomic E-state index is -0.809. The molecule has 0 aromatic heterocycles. The minimum absolute atomic E-state index is 0.0101. The monoisotopic (exact) mass is 439 g/mol. The molecular weight excluding hydrogens is 410 g/mol. The van der Waals surface area contributed by atoms with Gasteiger partial charge in [-0.1, -0.05) is 38.0 Å². The van der Waals surface area contributed by atoms with Crippen molar-refractivity contribution in [1.82, 2.24) is 4.90 Å². The number of carbonyl (C=O) groups is 2. The first kappa shape index (κ1) is 23.2. The lowest BCUT2D eigenvalue weighted by atomic mass is 9.94. The van der Waals surface area contributed by atoms with Gasteiger partial charge >= 0.3 is 0 Å². The number of aliphatic hydroxyl groups is 1. The molecule has 2 aromatic carbocycles. The number of likely N-dealkylation sites (tertiary alicyclic amines) is 1. The first-order chi connectivity index (χ1) is 15.4. The molecule has 2 aromatic rings. The Hall–Kier alpha value is -3.48. The topological polar surface area (TPSA) is 96.3 Å². The zero-order chi connectivity index (χ0) is 23.3. The van der Waals surface area contributed by atoms with Crippen LogP contribution < -0.4 is 9.47 Å². The number of methoxy groups -OCH3 is 1. The third kappa shape index (κ3) is 4.42. The van der Waals surface area contributed by atoms with Crippen LogP contribution in [0.25, 0.3) is 5.76 Å². The van der Waals surface area contributed by atoms with Crippen molar-refractivity contribution >= 4 is 17.4 Å². The number of carbonyl (C=O) groups excluding carboxylic acids is 2. The van der Waals surface area contributed by atoms with E-state index in [-0.39, 0.29) is 22.8 Å². The molecule has 2 N–H and O–H groups in total.